The molecule has 0 aliphatic heterocycles. The fourth-order valence-corrected chi connectivity index (χ4v) is 3.49. The van der Waals surface area contributed by atoms with Crippen molar-refractivity contribution in [3.8, 4) is 0 Å². The summed E-state index contributed by atoms with van der Waals surface area (Å²) in [6.07, 6.45) is 0. The van der Waals surface area contributed by atoms with Gasteiger partial charge in [0.05, 0.1) is 10.9 Å². The summed E-state index contributed by atoms with van der Waals surface area (Å²) in [5.74, 6) is -0.661. The first-order chi connectivity index (χ1) is 12.1. The molecule has 1 amide bonds. The topological polar surface area (TPSA) is 66.5 Å². The maximum absolute atomic E-state index is 13.2. The molecule has 7 heteroatoms. The van der Waals surface area contributed by atoms with Crippen molar-refractivity contribution in [2.24, 2.45) is 5.92 Å². The van der Waals surface area contributed by atoms with Gasteiger partial charge in [-0.1, -0.05) is 32.0 Å². The van der Waals surface area contributed by atoms with Crippen molar-refractivity contribution in [2.75, 3.05) is 14.1 Å². The average Bonchev–Trinajstić information content (AvgIpc) is 2.60. The average molecular weight is 378 g/mol. The van der Waals surface area contributed by atoms with Gasteiger partial charge in [-0.15, -0.1) is 0 Å². The first-order valence-corrected chi connectivity index (χ1v) is 9.66. The fraction of sp³-hybridized carbons (Fsp3) is 0.316. The molecular formula is C19H23FN2O3S. The number of hydrogen-bond donors (Lipinski definition) is 1. The van der Waals surface area contributed by atoms with Gasteiger partial charge in [-0.25, -0.2) is 17.1 Å². The predicted octanol–water partition coefficient (Wildman–Crippen LogP) is 3.20. The van der Waals surface area contributed by atoms with Crippen LogP contribution in [0.5, 0.6) is 0 Å². The Morgan fingerprint density at radius 2 is 1.69 bits per heavy atom. The van der Waals surface area contributed by atoms with E-state index in [2.05, 4.69) is 5.32 Å². The lowest BCUT2D eigenvalue weighted by Gasteiger charge is -2.23. The minimum Gasteiger partial charge on any atom is -0.345 e. The van der Waals surface area contributed by atoms with Gasteiger partial charge in [-0.3, -0.25) is 4.79 Å². The molecule has 0 aromatic heterocycles. The summed E-state index contributed by atoms with van der Waals surface area (Å²) >= 11 is 0. The Kier molecular flexibility index (Phi) is 6.15. The Morgan fingerprint density at radius 1 is 1.08 bits per heavy atom. The molecule has 1 N–H and O–H groups in total. The summed E-state index contributed by atoms with van der Waals surface area (Å²) in [4.78, 5) is 12.7. The summed E-state index contributed by atoms with van der Waals surface area (Å²) in [6.45, 7) is 3.89. The molecule has 26 heavy (non-hydrogen) atoms. The molecule has 0 bridgehead atoms. The van der Waals surface area contributed by atoms with Gasteiger partial charge >= 0.3 is 0 Å². The molecule has 0 fully saturated rings. The molecule has 0 aliphatic rings. The highest BCUT2D eigenvalue weighted by atomic mass is 32.2. The van der Waals surface area contributed by atoms with Crippen LogP contribution in [0.25, 0.3) is 0 Å². The number of amides is 1. The van der Waals surface area contributed by atoms with Crippen LogP contribution in [0.4, 0.5) is 4.39 Å². The van der Waals surface area contributed by atoms with Crippen LogP contribution in [0, 0.1) is 11.7 Å². The molecule has 2 aromatic rings. The first kappa shape index (κ1) is 20.1. The Bertz CT molecular complexity index is 878. The number of nitrogens with zero attached hydrogens (tertiary/aromatic N) is 1. The lowest BCUT2D eigenvalue weighted by molar-refractivity contribution is 0.0925. The second-order valence-electron chi connectivity index (χ2n) is 6.56. The van der Waals surface area contributed by atoms with Crippen molar-refractivity contribution >= 4 is 15.9 Å². The van der Waals surface area contributed by atoms with E-state index in [1.807, 2.05) is 13.8 Å². The van der Waals surface area contributed by atoms with E-state index in [1.165, 1.54) is 44.4 Å². The molecule has 2 aromatic carbocycles. The summed E-state index contributed by atoms with van der Waals surface area (Å²) in [6, 6.07) is 11.5. The minimum absolute atomic E-state index is 0.0537. The van der Waals surface area contributed by atoms with Crippen molar-refractivity contribution < 1.29 is 17.6 Å². The standard InChI is InChI=1S/C19H23FN2O3S/c1-13(2)18(14-8-10-16(20)11-9-14)21-19(23)15-6-5-7-17(12-15)26(24,25)22(3)4/h5-13,18H,1-4H3,(H,21,23)/t18-/m0/s1. The molecular weight excluding hydrogens is 355 g/mol. The van der Waals surface area contributed by atoms with Crippen LogP contribution in [-0.4, -0.2) is 32.7 Å². The number of halogens is 1. The van der Waals surface area contributed by atoms with Gasteiger partial charge in [0, 0.05) is 19.7 Å². The van der Waals surface area contributed by atoms with Crippen LogP contribution in [0.1, 0.15) is 35.8 Å². The molecule has 0 saturated heterocycles. The van der Waals surface area contributed by atoms with Crippen LogP contribution >= 0.6 is 0 Å². The molecule has 140 valence electrons. The van der Waals surface area contributed by atoms with Crippen LogP contribution < -0.4 is 5.32 Å². The Hall–Kier alpha value is -2.25. The third kappa shape index (κ3) is 4.47. The van der Waals surface area contributed by atoms with E-state index in [0.717, 1.165) is 9.87 Å². The molecule has 5 nitrogen and oxygen atoms in total. The van der Waals surface area contributed by atoms with E-state index < -0.39 is 10.0 Å². The van der Waals surface area contributed by atoms with E-state index in [-0.39, 0.29) is 34.1 Å². The minimum atomic E-state index is -3.62. The molecule has 1 atom stereocenters. The Morgan fingerprint density at radius 3 is 2.23 bits per heavy atom. The Balaban J connectivity index is 2.29. The van der Waals surface area contributed by atoms with Crippen LogP contribution in [-0.2, 0) is 10.0 Å². The fourth-order valence-electron chi connectivity index (χ4n) is 2.54. The number of hydrogen-bond acceptors (Lipinski definition) is 3. The van der Waals surface area contributed by atoms with Crippen molar-refractivity contribution in [1.82, 2.24) is 9.62 Å². The number of benzene rings is 2. The maximum Gasteiger partial charge on any atom is 0.251 e. The number of nitrogens with one attached hydrogen (secondary N) is 1. The van der Waals surface area contributed by atoms with Gasteiger partial charge in [-0.05, 0) is 41.8 Å². The van der Waals surface area contributed by atoms with Gasteiger partial charge in [0.15, 0.2) is 0 Å². The monoisotopic (exact) mass is 378 g/mol. The van der Waals surface area contributed by atoms with Gasteiger partial charge in [0.25, 0.3) is 5.91 Å². The zero-order valence-corrected chi connectivity index (χ0v) is 16.0. The summed E-state index contributed by atoms with van der Waals surface area (Å²) in [5.41, 5.74) is 1.03. The molecule has 0 unspecified atom stereocenters. The smallest absolute Gasteiger partial charge is 0.251 e. The lowest BCUT2D eigenvalue weighted by atomic mass is 9.95. The highest BCUT2D eigenvalue weighted by Gasteiger charge is 2.22. The van der Waals surface area contributed by atoms with Gasteiger partial charge < -0.3 is 5.32 Å². The van der Waals surface area contributed by atoms with E-state index in [4.69, 9.17) is 0 Å². The molecule has 0 radical (unpaired) electrons. The second-order valence-corrected chi connectivity index (χ2v) is 8.71. The number of carbonyl (C=O) groups excluding carboxylic acids is 1. The van der Waals surface area contributed by atoms with Crippen LogP contribution in [0.3, 0.4) is 0 Å². The largest absolute Gasteiger partial charge is 0.345 e. The van der Waals surface area contributed by atoms with Gasteiger partial charge in [0.2, 0.25) is 10.0 Å². The summed E-state index contributed by atoms with van der Waals surface area (Å²) < 4.78 is 38.7. The number of sulfonamides is 1. The third-order valence-corrected chi connectivity index (χ3v) is 5.87. The molecule has 0 aliphatic carbocycles. The van der Waals surface area contributed by atoms with Gasteiger partial charge in [0.1, 0.15) is 5.82 Å². The number of carbonyl (C=O) groups is 1. The van der Waals surface area contributed by atoms with Crippen LogP contribution in [0.2, 0.25) is 0 Å². The second kappa shape index (κ2) is 7.97. The van der Waals surface area contributed by atoms with Crippen molar-refractivity contribution in [3.05, 3.63) is 65.5 Å². The zero-order valence-electron chi connectivity index (χ0n) is 15.2. The SMILES string of the molecule is CC(C)[C@H](NC(=O)c1cccc(S(=O)(=O)N(C)C)c1)c1ccc(F)cc1. The highest BCUT2D eigenvalue weighted by molar-refractivity contribution is 7.89. The predicted molar refractivity (Wildman–Crippen MR) is 98.8 cm³/mol. The first-order valence-electron chi connectivity index (χ1n) is 8.22. The molecule has 0 heterocycles. The lowest BCUT2D eigenvalue weighted by Crippen LogP contribution is -2.32. The van der Waals surface area contributed by atoms with Gasteiger partial charge in [-0.2, -0.15) is 0 Å². The molecule has 2 rings (SSSR count). The Labute approximate surface area is 153 Å². The van der Waals surface area contributed by atoms with E-state index in [1.54, 1.807) is 18.2 Å². The van der Waals surface area contributed by atoms with E-state index in [0.29, 0.717) is 0 Å². The third-order valence-electron chi connectivity index (χ3n) is 4.06. The quantitative estimate of drug-likeness (QED) is 0.839. The van der Waals surface area contributed by atoms with Crippen molar-refractivity contribution in [3.63, 3.8) is 0 Å². The summed E-state index contributed by atoms with van der Waals surface area (Å²) in [5, 5.41) is 2.91. The highest BCUT2D eigenvalue weighted by Crippen LogP contribution is 2.23. The van der Waals surface area contributed by atoms with E-state index in [9.17, 15) is 17.6 Å². The molecule has 0 spiro atoms. The summed E-state index contributed by atoms with van der Waals surface area (Å²) in [7, 11) is -0.751. The normalized spacial score (nSPS) is 13.0. The molecule has 0 saturated carbocycles. The van der Waals surface area contributed by atoms with E-state index >= 15 is 0 Å². The van der Waals surface area contributed by atoms with Crippen LogP contribution in [0.15, 0.2) is 53.4 Å². The maximum atomic E-state index is 13.2. The zero-order chi connectivity index (χ0) is 19.5. The van der Waals surface area contributed by atoms with Crippen molar-refractivity contribution in [2.45, 2.75) is 24.8 Å². The number of rotatable bonds is 6. The van der Waals surface area contributed by atoms with Crippen molar-refractivity contribution in [1.29, 1.82) is 0 Å².